The van der Waals surface area contributed by atoms with Gasteiger partial charge in [-0.05, 0) is 54.8 Å². The number of carbonyl (C=O) groups is 1. The van der Waals surface area contributed by atoms with Crippen LogP contribution in [0.3, 0.4) is 0 Å². The highest BCUT2D eigenvalue weighted by Gasteiger charge is 2.21. The molecule has 166 valence electrons. The molecule has 2 heterocycles. The Morgan fingerprint density at radius 3 is 2.72 bits per heavy atom. The molecular weight excluding hydrogens is 464 g/mol. The van der Waals surface area contributed by atoms with Gasteiger partial charge in [0.25, 0.3) is 5.91 Å². The van der Waals surface area contributed by atoms with E-state index in [1.807, 2.05) is 36.1 Å². The lowest BCUT2D eigenvalue weighted by molar-refractivity contribution is 0.0719. The van der Waals surface area contributed by atoms with Gasteiger partial charge in [0.15, 0.2) is 0 Å². The standard InChI is InChI=1S/C26H29BrN4O/c1-20-24(9-5-12-28-20)26(32)31-16-15-30(18-21-7-3-2-4-8-21)14-6-13-29-25-11-10-23(27)17-22(25)19-31/h2-5,7-12,17,29H,6,13-16,18-19H2,1H3. The van der Waals surface area contributed by atoms with Crippen LogP contribution in [0.1, 0.15) is 33.6 Å². The largest absolute Gasteiger partial charge is 0.385 e. The molecule has 5 nitrogen and oxygen atoms in total. The predicted molar refractivity (Wildman–Crippen MR) is 133 cm³/mol. The van der Waals surface area contributed by atoms with Crippen LogP contribution in [-0.2, 0) is 13.1 Å². The smallest absolute Gasteiger partial charge is 0.256 e. The molecule has 1 aliphatic heterocycles. The molecule has 0 spiro atoms. The van der Waals surface area contributed by atoms with Crippen molar-refractivity contribution < 1.29 is 4.79 Å². The van der Waals surface area contributed by atoms with E-state index in [0.717, 1.165) is 54.0 Å². The van der Waals surface area contributed by atoms with E-state index < -0.39 is 0 Å². The van der Waals surface area contributed by atoms with Gasteiger partial charge in [-0.1, -0.05) is 46.3 Å². The number of hydrogen-bond donors (Lipinski definition) is 1. The van der Waals surface area contributed by atoms with Crippen LogP contribution in [0.25, 0.3) is 0 Å². The first kappa shape index (κ1) is 22.5. The van der Waals surface area contributed by atoms with Crippen molar-refractivity contribution in [1.82, 2.24) is 14.8 Å². The lowest BCUT2D eigenvalue weighted by Crippen LogP contribution is -2.38. The minimum absolute atomic E-state index is 0.0282. The molecule has 0 saturated carbocycles. The normalized spacial score (nSPS) is 15.4. The number of anilines is 1. The quantitative estimate of drug-likeness (QED) is 0.551. The second-order valence-electron chi connectivity index (χ2n) is 8.21. The summed E-state index contributed by atoms with van der Waals surface area (Å²) in [6.45, 7) is 6.68. The summed E-state index contributed by atoms with van der Waals surface area (Å²) in [6.07, 6.45) is 2.77. The average molecular weight is 493 g/mol. The first-order valence-corrected chi connectivity index (χ1v) is 11.9. The van der Waals surface area contributed by atoms with Gasteiger partial charge in [-0.25, -0.2) is 0 Å². The molecule has 1 aliphatic rings. The fourth-order valence-electron chi connectivity index (χ4n) is 4.10. The molecule has 0 aliphatic carbocycles. The van der Waals surface area contributed by atoms with Crippen LogP contribution in [0, 0.1) is 6.92 Å². The molecule has 0 saturated heterocycles. The minimum Gasteiger partial charge on any atom is -0.385 e. The number of aromatic nitrogens is 1. The van der Waals surface area contributed by atoms with E-state index in [1.54, 1.807) is 6.20 Å². The van der Waals surface area contributed by atoms with Gasteiger partial charge in [0, 0.05) is 61.3 Å². The summed E-state index contributed by atoms with van der Waals surface area (Å²) in [5, 5.41) is 3.59. The van der Waals surface area contributed by atoms with Crippen molar-refractivity contribution in [3.63, 3.8) is 0 Å². The first-order valence-electron chi connectivity index (χ1n) is 11.1. The Balaban J connectivity index is 1.61. The van der Waals surface area contributed by atoms with Crippen molar-refractivity contribution in [2.24, 2.45) is 0 Å². The van der Waals surface area contributed by atoms with Gasteiger partial charge in [-0.15, -0.1) is 0 Å². The van der Waals surface area contributed by atoms with Gasteiger partial charge >= 0.3 is 0 Å². The van der Waals surface area contributed by atoms with Gasteiger partial charge < -0.3 is 10.2 Å². The summed E-state index contributed by atoms with van der Waals surface area (Å²) in [4.78, 5) is 22.3. The van der Waals surface area contributed by atoms with E-state index in [9.17, 15) is 4.79 Å². The highest BCUT2D eigenvalue weighted by molar-refractivity contribution is 9.10. The maximum Gasteiger partial charge on any atom is 0.256 e. The molecule has 0 unspecified atom stereocenters. The molecule has 1 N–H and O–H groups in total. The fraction of sp³-hybridized carbons (Fsp3) is 0.308. The molecule has 1 aromatic heterocycles. The Bertz CT molecular complexity index is 1060. The summed E-state index contributed by atoms with van der Waals surface area (Å²) in [5.41, 5.74) is 4.93. The van der Waals surface area contributed by atoms with E-state index >= 15 is 0 Å². The van der Waals surface area contributed by atoms with Gasteiger partial charge in [-0.2, -0.15) is 0 Å². The average Bonchev–Trinajstić information content (AvgIpc) is 2.84. The van der Waals surface area contributed by atoms with Crippen molar-refractivity contribution >= 4 is 27.5 Å². The first-order chi connectivity index (χ1) is 15.6. The number of nitrogens with one attached hydrogen (secondary N) is 1. The van der Waals surface area contributed by atoms with Crippen LogP contribution in [0.4, 0.5) is 5.69 Å². The number of benzene rings is 2. The van der Waals surface area contributed by atoms with Gasteiger partial charge in [0.2, 0.25) is 0 Å². The molecular formula is C26H29BrN4O. The van der Waals surface area contributed by atoms with Crippen molar-refractivity contribution in [3.05, 3.63) is 93.7 Å². The Labute approximate surface area is 198 Å². The van der Waals surface area contributed by atoms with Gasteiger partial charge in [-0.3, -0.25) is 14.7 Å². The van der Waals surface area contributed by atoms with E-state index in [4.69, 9.17) is 0 Å². The monoisotopic (exact) mass is 492 g/mol. The van der Waals surface area contributed by atoms with Crippen LogP contribution in [0.2, 0.25) is 0 Å². The molecule has 0 radical (unpaired) electrons. The maximum atomic E-state index is 13.6. The lowest BCUT2D eigenvalue weighted by atomic mass is 10.1. The van der Waals surface area contributed by atoms with E-state index in [-0.39, 0.29) is 5.91 Å². The molecule has 4 rings (SSSR count). The molecule has 1 amide bonds. The lowest BCUT2D eigenvalue weighted by Gasteiger charge is -2.28. The van der Waals surface area contributed by atoms with Crippen LogP contribution in [-0.4, -0.2) is 46.9 Å². The van der Waals surface area contributed by atoms with Crippen LogP contribution < -0.4 is 5.32 Å². The predicted octanol–water partition coefficient (Wildman–Crippen LogP) is 5.11. The highest BCUT2D eigenvalue weighted by Crippen LogP contribution is 2.24. The Hall–Kier alpha value is -2.70. The molecule has 0 bridgehead atoms. The van der Waals surface area contributed by atoms with Gasteiger partial charge in [0.1, 0.15) is 0 Å². The zero-order chi connectivity index (χ0) is 22.3. The number of aryl methyl sites for hydroxylation is 1. The SMILES string of the molecule is Cc1ncccc1C(=O)N1CCN(Cc2ccccc2)CCCNc2ccc(Br)cc2C1. The summed E-state index contributed by atoms with van der Waals surface area (Å²) in [7, 11) is 0. The van der Waals surface area contributed by atoms with Crippen molar-refractivity contribution in [2.45, 2.75) is 26.4 Å². The molecule has 2 aromatic carbocycles. The van der Waals surface area contributed by atoms with Crippen molar-refractivity contribution in [3.8, 4) is 0 Å². The number of carbonyl (C=O) groups excluding carboxylic acids is 1. The van der Waals surface area contributed by atoms with E-state index in [2.05, 4.69) is 67.5 Å². The number of hydrogen-bond acceptors (Lipinski definition) is 4. The van der Waals surface area contributed by atoms with Crippen LogP contribution in [0.15, 0.2) is 71.3 Å². The number of fused-ring (bicyclic) bond motifs is 1. The second kappa shape index (κ2) is 10.7. The third-order valence-electron chi connectivity index (χ3n) is 5.85. The third-order valence-corrected chi connectivity index (χ3v) is 6.35. The molecule has 6 heteroatoms. The van der Waals surface area contributed by atoms with Crippen molar-refractivity contribution in [2.75, 3.05) is 31.5 Å². The van der Waals surface area contributed by atoms with Gasteiger partial charge in [0.05, 0.1) is 5.56 Å². The summed E-state index contributed by atoms with van der Waals surface area (Å²) in [6, 6.07) is 20.5. The fourth-order valence-corrected chi connectivity index (χ4v) is 4.51. The minimum atomic E-state index is 0.0282. The topological polar surface area (TPSA) is 48.5 Å². The molecule has 32 heavy (non-hydrogen) atoms. The zero-order valence-electron chi connectivity index (χ0n) is 18.4. The maximum absolute atomic E-state index is 13.6. The zero-order valence-corrected chi connectivity index (χ0v) is 20.0. The molecule has 0 atom stereocenters. The molecule has 3 aromatic rings. The van der Waals surface area contributed by atoms with Crippen LogP contribution in [0.5, 0.6) is 0 Å². The number of amides is 1. The Kier molecular flexibility index (Phi) is 7.55. The summed E-state index contributed by atoms with van der Waals surface area (Å²) < 4.78 is 1.02. The van der Waals surface area contributed by atoms with E-state index in [1.165, 1.54) is 5.56 Å². The van der Waals surface area contributed by atoms with Crippen molar-refractivity contribution in [1.29, 1.82) is 0 Å². The summed E-state index contributed by atoms with van der Waals surface area (Å²) in [5.74, 6) is 0.0282. The van der Waals surface area contributed by atoms with E-state index in [0.29, 0.717) is 18.7 Å². The number of rotatable bonds is 3. The molecule has 0 fully saturated rings. The Morgan fingerprint density at radius 2 is 1.91 bits per heavy atom. The number of nitrogens with zero attached hydrogens (tertiary/aromatic N) is 3. The van der Waals surface area contributed by atoms with Crippen LogP contribution >= 0.6 is 15.9 Å². The highest BCUT2D eigenvalue weighted by atomic mass is 79.9. The summed E-state index contributed by atoms with van der Waals surface area (Å²) >= 11 is 3.60. The number of pyridine rings is 1. The third kappa shape index (κ3) is 5.75. The Morgan fingerprint density at radius 1 is 1.06 bits per heavy atom. The number of halogens is 1. The second-order valence-corrected chi connectivity index (χ2v) is 9.12.